The van der Waals surface area contributed by atoms with Crippen LogP contribution in [0, 0.1) is 13.8 Å². The fraction of sp³-hybridized carbons (Fsp3) is 0.0588. The smallest absolute Gasteiger partial charge is 0.00262 e. The molecule has 5 aromatic rings. The van der Waals surface area contributed by atoms with E-state index in [1.165, 1.54) is 77.2 Å². The molecule has 0 unspecified atom stereocenters. The van der Waals surface area contributed by atoms with Crippen LogP contribution in [0.2, 0.25) is 0 Å². The van der Waals surface area contributed by atoms with Crippen molar-refractivity contribution in [2.24, 2.45) is 0 Å². The van der Waals surface area contributed by atoms with Gasteiger partial charge >= 0.3 is 0 Å². The molecule has 0 heterocycles. The lowest BCUT2D eigenvalue weighted by molar-refractivity contribution is 1.44. The minimum atomic E-state index is 1.28. The average molecular weight is 433 g/mol. The van der Waals surface area contributed by atoms with Gasteiger partial charge in [0.25, 0.3) is 0 Å². The van der Waals surface area contributed by atoms with Crippen LogP contribution in [0.25, 0.3) is 33.4 Å². The zero-order valence-corrected chi connectivity index (χ0v) is 19.4. The second-order valence-corrected chi connectivity index (χ2v) is 9.52. The summed E-state index contributed by atoms with van der Waals surface area (Å²) < 4.78 is 0. The predicted octanol–water partition coefficient (Wildman–Crippen LogP) is 6.76. The van der Waals surface area contributed by atoms with Crippen molar-refractivity contribution in [2.75, 3.05) is 0 Å². The molecule has 0 amide bonds. The quantitative estimate of drug-likeness (QED) is 0.283. The van der Waals surface area contributed by atoms with Crippen LogP contribution < -0.4 is 10.4 Å². The van der Waals surface area contributed by atoms with Gasteiger partial charge in [0, 0.05) is 0 Å². The maximum atomic E-state index is 2.44. The van der Waals surface area contributed by atoms with Crippen molar-refractivity contribution in [3.63, 3.8) is 0 Å². The number of rotatable bonds is 2. The van der Waals surface area contributed by atoms with Crippen molar-refractivity contribution in [2.45, 2.75) is 13.8 Å². The molecule has 5 aromatic carbocycles. The summed E-state index contributed by atoms with van der Waals surface area (Å²) in [7, 11) is 0. The average Bonchev–Trinajstić information content (AvgIpc) is 3.36. The fourth-order valence-corrected chi connectivity index (χ4v) is 5.68. The van der Waals surface area contributed by atoms with E-state index in [9.17, 15) is 0 Å². The summed E-state index contributed by atoms with van der Waals surface area (Å²) >= 11 is 0. The Bertz CT molecular complexity index is 1600. The van der Waals surface area contributed by atoms with Gasteiger partial charge in [-0.25, -0.2) is 0 Å². The first-order chi connectivity index (χ1) is 16.7. The van der Waals surface area contributed by atoms with Crippen LogP contribution in [0.5, 0.6) is 0 Å². The number of fused-ring (bicyclic) bond motifs is 6. The van der Waals surface area contributed by atoms with Crippen LogP contribution in [-0.4, -0.2) is 0 Å². The Hall–Kier alpha value is -4.16. The normalized spacial score (nSPS) is 12.9. The molecule has 0 bridgehead atoms. The molecule has 0 N–H and O–H groups in total. The van der Waals surface area contributed by atoms with Gasteiger partial charge in [-0.1, -0.05) is 108 Å². The summed E-state index contributed by atoms with van der Waals surface area (Å²) in [5.74, 6) is 0. The molecule has 0 atom stereocenters. The molecular weight excluding hydrogens is 408 g/mol. The van der Waals surface area contributed by atoms with Crippen LogP contribution in [0.1, 0.15) is 33.4 Å². The lowest BCUT2D eigenvalue weighted by Gasteiger charge is -2.07. The van der Waals surface area contributed by atoms with E-state index in [-0.39, 0.29) is 0 Å². The maximum absolute atomic E-state index is 2.44. The van der Waals surface area contributed by atoms with Crippen LogP contribution in [0.15, 0.2) is 109 Å². The Kier molecular flexibility index (Phi) is 4.07. The number of hydrogen-bond donors (Lipinski definition) is 0. The summed E-state index contributed by atoms with van der Waals surface area (Å²) in [5.41, 5.74) is 15.8. The number of hydrogen-bond acceptors (Lipinski definition) is 0. The monoisotopic (exact) mass is 432 g/mol. The summed E-state index contributed by atoms with van der Waals surface area (Å²) in [6, 6.07) is 40.5. The molecule has 0 spiro atoms. The third kappa shape index (κ3) is 2.72. The molecule has 0 radical (unpaired) electrons. The molecule has 7 rings (SSSR count). The van der Waals surface area contributed by atoms with Crippen LogP contribution in [-0.2, 0) is 0 Å². The van der Waals surface area contributed by atoms with Crippen molar-refractivity contribution in [1.82, 2.24) is 0 Å². The van der Waals surface area contributed by atoms with Gasteiger partial charge in [0.1, 0.15) is 0 Å². The van der Waals surface area contributed by atoms with E-state index in [2.05, 4.69) is 123 Å². The molecule has 0 heteroatoms. The van der Waals surface area contributed by atoms with Crippen LogP contribution in [0.4, 0.5) is 0 Å². The molecule has 0 fully saturated rings. The van der Waals surface area contributed by atoms with Gasteiger partial charge in [-0.05, 0) is 92.1 Å². The van der Waals surface area contributed by atoms with Crippen LogP contribution in [0.3, 0.4) is 0 Å². The zero-order chi connectivity index (χ0) is 22.8. The standard InChI is InChI=1S/C34H24/c1-21-11-15-23(16-12-21)33-27-9-5-3-7-25(27)29-20-32-30(19-31(29)33)26-8-4-6-10-28(26)34(32)24-17-13-22(2)14-18-24/h3-20H,1-2H3. The first kappa shape index (κ1) is 19.3. The topological polar surface area (TPSA) is 0 Å². The van der Waals surface area contributed by atoms with E-state index in [4.69, 9.17) is 0 Å². The molecular formula is C34H24. The van der Waals surface area contributed by atoms with Gasteiger partial charge < -0.3 is 0 Å². The van der Waals surface area contributed by atoms with Crippen molar-refractivity contribution in [3.05, 3.63) is 153 Å². The highest BCUT2D eigenvalue weighted by Gasteiger charge is 2.26. The zero-order valence-electron chi connectivity index (χ0n) is 19.4. The highest BCUT2D eigenvalue weighted by atomic mass is 14.3. The Balaban J connectivity index is 1.62. The van der Waals surface area contributed by atoms with Crippen LogP contribution >= 0.6 is 0 Å². The minimum absolute atomic E-state index is 1.28. The van der Waals surface area contributed by atoms with E-state index >= 15 is 0 Å². The first-order valence-corrected chi connectivity index (χ1v) is 12.0. The molecule has 0 nitrogen and oxygen atoms in total. The van der Waals surface area contributed by atoms with E-state index in [1.54, 1.807) is 0 Å². The Morgan fingerprint density at radius 2 is 0.706 bits per heavy atom. The predicted molar refractivity (Wildman–Crippen MR) is 142 cm³/mol. The van der Waals surface area contributed by atoms with Gasteiger partial charge in [-0.2, -0.15) is 0 Å². The molecule has 34 heavy (non-hydrogen) atoms. The van der Waals surface area contributed by atoms with Gasteiger partial charge in [0.2, 0.25) is 0 Å². The number of aryl methyl sites for hydroxylation is 2. The highest BCUT2D eigenvalue weighted by Crippen LogP contribution is 2.39. The molecule has 160 valence electrons. The SMILES string of the molecule is Cc1ccc(C2=c3cc4c(cc3-c3ccccc32)=C(c2ccc(C)cc2)c2ccccc2-4)cc1. The number of benzene rings is 5. The van der Waals surface area contributed by atoms with E-state index in [0.29, 0.717) is 0 Å². The Labute approximate surface area is 200 Å². The van der Waals surface area contributed by atoms with E-state index in [1.807, 2.05) is 0 Å². The largest absolute Gasteiger partial charge is 0.0616 e. The van der Waals surface area contributed by atoms with Gasteiger partial charge in [0.15, 0.2) is 0 Å². The second-order valence-electron chi connectivity index (χ2n) is 9.52. The molecule has 2 aliphatic carbocycles. The lowest BCUT2D eigenvalue weighted by Crippen LogP contribution is -2.15. The molecule has 0 aromatic heterocycles. The van der Waals surface area contributed by atoms with E-state index in [0.717, 1.165) is 0 Å². The minimum Gasteiger partial charge on any atom is -0.0616 e. The fourth-order valence-electron chi connectivity index (χ4n) is 5.68. The summed E-state index contributed by atoms with van der Waals surface area (Å²) in [6.07, 6.45) is 0. The van der Waals surface area contributed by atoms with Crippen molar-refractivity contribution < 1.29 is 0 Å². The lowest BCUT2D eigenvalue weighted by atomic mass is 9.96. The van der Waals surface area contributed by atoms with Crippen molar-refractivity contribution in [3.8, 4) is 22.3 Å². The van der Waals surface area contributed by atoms with Gasteiger partial charge in [0.05, 0.1) is 0 Å². The highest BCUT2D eigenvalue weighted by molar-refractivity contribution is 6.00. The van der Waals surface area contributed by atoms with Gasteiger partial charge in [-0.15, -0.1) is 0 Å². The second kappa shape index (κ2) is 7.17. The summed E-state index contributed by atoms with van der Waals surface area (Å²) in [5, 5.41) is 2.67. The first-order valence-electron chi connectivity index (χ1n) is 12.0. The van der Waals surface area contributed by atoms with E-state index < -0.39 is 0 Å². The summed E-state index contributed by atoms with van der Waals surface area (Å²) in [4.78, 5) is 0. The molecule has 0 saturated carbocycles. The van der Waals surface area contributed by atoms with Gasteiger partial charge in [-0.3, -0.25) is 0 Å². The molecule has 0 aliphatic heterocycles. The molecule has 2 aliphatic rings. The van der Waals surface area contributed by atoms with Crippen molar-refractivity contribution in [1.29, 1.82) is 0 Å². The molecule has 0 saturated heterocycles. The van der Waals surface area contributed by atoms with Crippen molar-refractivity contribution >= 4 is 11.1 Å². The Morgan fingerprint density at radius 1 is 0.353 bits per heavy atom. The maximum Gasteiger partial charge on any atom is -0.00262 e. The third-order valence-corrected chi connectivity index (χ3v) is 7.35. The third-order valence-electron chi connectivity index (χ3n) is 7.35. The summed E-state index contributed by atoms with van der Waals surface area (Å²) in [6.45, 7) is 4.30. The Morgan fingerprint density at radius 3 is 1.09 bits per heavy atom.